The maximum atomic E-state index is 12.9. The molecule has 0 unspecified atom stereocenters. The van der Waals surface area contributed by atoms with Gasteiger partial charge in [0.05, 0.1) is 16.9 Å². The third-order valence-electron chi connectivity index (χ3n) is 3.73. The van der Waals surface area contributed by atoms with Crippen LogP contribution >= 0.6 is 0 Å². The second-order valence-corrected chi connectivity index (χ2v) is 5.88. The fourth-order valence-corrected chi connectivity index (χ4v) is 2.65. The fraction of sp³-hybridized carbons (Fsp3) is 0.571. The average molecular weight is 302 g/mol. The number of rotatable bonds is 1. The molecule has 4 nitrogen and oxygen atoms in total. The van der Waals surface area contributed by atoms with E-state index in [2.05, 4.69) is 5.32 Å². The lowest BCUT2D eigenvalue weighted by molar-refractivity contribution is -0.121. The van der Waals surface area contributed by atoms with E-state index in [4.69, 9.17) is 9.47 Å². The van der Waals surface area contributed by atoms with Crippen LogP contribution < -0.4 is 19.7 Å². The molecule has 1 aromatic carbocycles. The van der Waals surface area contributed by atoms with Crippen molar-refractivity contribution in [2.45, 2.75) is 25.6 Å². The van der Waals surface area contributed by atoms with Crippen LogP contribution in [0.2, 0.25) is 0 Å². The Bertz CT molecular complexity index is 558. The summed E-state index contributed by atoms with van der Waals surface area (Å²) in [4.78, 5) is 1.37. The van der Waals surface area contributed by atoms with Gasteiger partial charge in [0.1, 0.15) is 19.8 Å². The van der Waals surface area contributed by atoms with Crippen LogP contribution in [-0.4, -0.2) is 38.0 Å². The number of hydrogen-bond acceptors (Lipinski definition) is 4. The average Bonchev–Trinajstić information content (AvgIpc) is 2.39. The molecule has 21 heavy (non-hydrogen) atoms. The van der Waals surface area contributed by atoms with E-state index in [0.29, 0.717) is 42.6 Å². The van der Waals surface area contributed by atoms with Crippen molar-refractivity contribution in [2.75, 3.05) is 36.5 Å². The zero-order valence-corrected chi connectivity index (χ0v) is 11.9. The van der Waals surface area contributed by atoms with E-state index in [-0.39, 0.29) is 0 Å². The smallest absolute Gasteiger partial charge is 0.405 e. The second kappa shape index (κ2) is 4.61. The molecule has 116 valence electrons. The Hall–Kier alpha value is -1.79. The van der Waals surface area contributed by atoms with Gasteiger partial charge in [-0.1, -0.05) is 0 Å². The van der Waals surface area contributed by atoms with E-state index in [9.17, 15) is 13.2 Å². The Balaban J connectivity index is 2.04. The second-order valence-electron chi connectivity index (χ2n) is 5.88. The Morgan fingerprint density at radius 2 is 1.81 bits per heavy atom. The van der Waals surface area contributed by atoms with Gasteiger partial charge >= 0.3 is 6.18 Å². The van der Waals surface area contributed by atoms with Gasteiger partial charge in [0, 0.05) is 18.7 Å². The van der Waals surface area contributed by atoms with Crippen LogP contribution in [0.3, 0.4) is 0 Å². The van der Waals surface area contributed by atoms with Crippen LogP contribution in [0.25, 0.3) is 0 Å². The van der Waals surface area contributed by atoms with Crippen molar-refractivity contribution in [3.8, 4) is 11.5 Å². The minimum atomic E-state index is -4.26. The minimum Gasteiger partial charge on any atom is -0.486 e. The van der Waals surface area contributed by atoms with Crippen molar-refractivity contribution < 1.29 is 22.6 Å². The van der Waals surface area contributed by atoms with Crippen molar-refractivity contribution in [2.24, 2.45) is 0 Å². The van der Waals surface area contributed by atoms with Crippen molar-refractivity contribution in [3.05, 3.63) is 12.1 Å². The zero-order chi connectivity index (χ0) is 15.3. The van der Waals surface area contributed by atoms with Crippen molar-refractivity contribution in [1.82, 2.24) is 0 Å². The highest BCUT2D eigenvalue weighted by molar-refractivity contribution is 5.78. The van der Waals surface area contributed by atoms with Gasteiger partial charge in [0.2, 0.25) is 0 Å². The number of nitrogens with zero attached hydrogens (tertiary/aromatic N) is 1. The molecule has 0 radical (unpaired) electrons. The summed E-state index contributed by atoms with van der Waals surface area (Å²) >= 11 is 0. The predicted octanol–water partition coefficient (Wildman–Crippen LogP) is 3.03. The first kappa shape index (κ1) is 14.2. The first-order valence-corrected chi connectivity index (χ1v) is 6.78. The molecule has 0 saturated heterocycles. The predicted molar refractivity (Wildman–Crippen MR) is 73.4 cm³/mol. The lowest BCUT2D eigenvalue weighted by Gasteiger charge is -2.46. The number of fused-ring (bicyclic) bond motifs is 2. The quantitative estimate of drug-likeness (QED) is 0.864. The van der Waals surface area contributed by atoms with Gasteiger partial charge in [0.25, 0.3) is 0 Å². The number of anilines is 2. The van der Waals surface area contributed by atoms with Crippen LogP contribution in [-0.2, 0) is 0 Å². The lowest BCUT2D eigenvalue weighted by Crippen LogP contribution is -2.55. The van der Waals surface area contributed by atoms with Gasteiger partial charge in [-0.2, -0.15) is 13.2 Å². The number of halogens is 3. The number of hydrogen-bond donors (Lipinski definition) is 1. The van der Waals surface area contributed by atoms with Gasteiger partial charge < -0.3 is 19.7 Å². The van der Waals surface area contributed by atoms with Gasteiger partial charge in [0.15, 0.2) is 11.5 Å². The van der Waals surface area contributed by atoms with Crippen LogP contribution in [0.5, 0.6) is 11.5 Å². The zero-order valence-electron chi connectivity index (χ0n) is 11.9. The summed E-state index contributed by atoms with van der Waals surface area (Å²) in [6.07, 6.45) is -4.26. The number of ether oxygens (including phenoxy) is 2. The first-order chi connectivity index (χ1) is 9.76. The molecule has 0 saturated carbocycles. The first-order valence-electron chi connectivity index (χ1n) is 6.78. The van der Waals surface area contributed by atoms with E-state index in [0.717, 1.165) is 0 Å². The van der Waals surface area contributed by atoms with Gasteiger partial charge in [-0.05, 0) is 13.8 Å². The molecule has 3 rings (SSSR count). The fourth-order valence-electron chi connectivity index (χ4n) is 2.65. The molecule has 2 aliphatic heterocycles. The molecule has 0 aromatic heterocycles. The molecule has 1 N–H and O–H groups in total. The Morgan fingerprint density at radius 1 is 1.19 bits per heavy atom. The van der Waals surface area contributed by atoms with Gasteiger partial charge in [-0.15, -0.1) is 0 Å². The number of alkyl halides is 3. The number of nitrogens with one attached hydrogen (secondary N) is 1. The molecular weight excluding hydrogens is 285 g/mol. The largest absolute Gasteiger partial charge is 0.486 e. The third-order valence-corrected chi connectivity index (χ3v) is 3.73. The Kier molecular flexibility index (Phi) is 3.11. The van der Waals surface area contributed by atoms with E-state index in [1.54, 1.807) is 26.0 Å². The normalized spacial score (nSPS) is 19.8. The summed E-state index contributed by atoms with van der Waals surface area (Å²) in [5.74, 6) is 1.06. The molecule has 0 bridgehead atoms. The summed E-state index contributed by atoms with van der Waals surface area (Å²) < 4.78 is 49.6. The molecule has 1 aromatic rings. The maximum Gasteiger partial charge on any atom is 0.405 e. The Labute approximate surface area is 120 Å². The van der Waals surface area contributed by atoms with E-state index in [1.807, 2.05) is 0 Å². The molecule has 0 spiro atoms. The topological polar surface area (TPSA) is 33.7 Å². The summed E-state index contributed by atoms with van der Waals surface area (Å²) in [5, 5.41) is 3.17. The molecule has 0 aliphatic carbocycles. The van der Waals surface area contributed by atoms with Crippen LogP contribution in [0.15, 0.2) is 12.1 Å². The van der Waals surface area contributed by atoms with Crippen LogP contribution in [0, 0.1) is 0 Å². The third kappa shape index (κ3) is 2.69. The van der Waals surface area contributed by atoms with Gasteiger partial charge in [-0.3, -0.25) is 0 Å². The highest BCUT2D eigenvalue weighted by Gasteiger charge is 2.41. The van der Waals surface area contributed by atoms with Crippen molar-refractivity contribution in [1.29, 1.82) is 0 Å². The van der Waals surface area contributed by atoms with Crippen LogP contribution in [0.4, 0.5) is 24.5 Å². The number of benzene rings is 1. The van der Waals surface area contributed by atoms with Crippen LogP contribution in [0.1, 0.15) is 13.8 Å². The van der Waals surface area contributed by atoms with E-state index >= 15 is 0 Å². The van der Waals surface area contributed by atoms with Gasteiger partial charge in [-0.25, -0.2) is 0 Å². The standard InChI is InChI=1S/C14H17F3N2O2/c1-13(2)7-18-9-5-11-12(21-4-3-20-11)6-10(9)19(13)8-14(15,16)17/h5-6,18H,3-4,7-8H2,1-2H3. The molecular formula is C14H17F3N2O2. The lowest BCUT2D eigenvalue weighted by atomic mass is 9.97. The molecule has 0 amide bonds. The summed E-state index contributed by atoms with van der Waals surface area (Å²) in [7, 11) is 0. The van der Waals surface area contributed by atoms with Crippen molar-refractivity contribution in [3.63, 3.8) is 0 Å². The molecule has 0 atom stereocenters. The highest BCUT2D eigenvalue weighted by Crippen LogP contribution is 2.45. The summed E-state index contributed by atoms with van der Waals surface area (Å²) in [6.45, 7) is 3.85. The monoisotopic (exact) mass is 302 g/mol. The summed E-state index contributed by atoms with van der Waals surface area (Å²) in [6, 6.07) is 3.34. The highest BCUT2D eigenvalue weighted by atomic mass is 19.4. The Morgan fingerprint density at radius 3 is 2.43 bits per heavy atom. The van der Waals surface area contributed by atoms with E-state index < -0.39 is 18.3 Å². The van der Waals surface area contributed by atoms with E-state index in [1.165, 1.54) is 4.90 Å². The van der Waals surface area contributed by atoms with Crippen molar-refractivity contribution >= 4 is 11.4 Å². The molecule has 2 aliphatic rings. The molecule has 7 heteroatoms. The maximum absolute atomic E-state index is 12.9. The molecule has 2 heterocycles. The molecule has 0 fully saturated rings. The SMILES string of the molecule is CC1(C)CNc2cc3c(cc2N1CC(F)(F)F)OCCO3. The summed E-state index contributed by atoms with van der Waals surface area (Å²) in [5.41, 5.74) is 0.488. The minimum absolute atomic E-state index is 0.405.